The average molecular weight is 338 g/mol. The molecule has 23 heavy (non-hydrogen) atoms. The number of rotatable bonds is 6. The molecule has 1 aliphatic carbocycles. The van der Waals surface area contributed by atoms with E-state index < -0.39 is 5.54 Å². The Hall–Kier alpha value is -1.89. The number of carbonyl (C=O) groups excluding carboxylic acids is 3. The van der Waals surface area contributed by atoms with Gasteiger partial charge in [-0.3, -0.25) is 9.59 Å². The van der Waals surface area contributed by atoms with Gasteiger partial charge in [0.2, 0.25) is 5.91 Å². The zero-order chi connectivity index (χ0) is 16.7. The lowest BCUT2D eigenvalue weighted by molar-refractivity contribution is -0.152. The highest BCUT2D eigenvalue weighted by Crippen LogP contribution is 2.29. The molecule has 0 atom stereocenters. The van der Waals surface area contributed by atoms with Gasteiger partial charge in [-0.05, 0) is 24.3 Å². The van der Waals surface area contributed by atoms with E-state index in [1.54, 1.807) is 12.1 Å². The average Bonchev–Trinajstić information content (AvgIpc) is 3.09. The van der Waals surface area contributed by atoms with Crippen LogP contribution in [0.15, 0.2) is 17.5 Å². The van der Waals surface area contributed by atoms with E-state index in [1.165, 1.54) is 18.4 Å². The van der Waals surface area contributed by atoms with Crippen molar-refractivity contribution in [2.45, 2.75) is 44.1 Å². The first-order chi connectivity index (χ1) is 11.1. The molecule has 0 aromatic carbocycles. The van der Waals surface area contributed by atoms with Gasteiger partial charge in [-0.25, -0.2) is 4.79 Å². The van der Waals surface area contributed by atoms with Gasteiger partial charge < -0.3 is 15.4 Å². The smallest absolute Gasteiger partial charge is 0.331 e. The first-order valence-corrected chi connectivity index (χ1v) is 8.66. The van der Waals surface area contributed by atoms with Crippen LogP contribution in [0.25, 0.3) is 0 Å². The van der Waals surface area contributed by atoms with Crippen LogP contribution in [0.2, 0.25) is 0 Å². The van der Waals surface area contributed by atoms with Crippen LogP contribution in [-0.4, -0.2) is 37.0 Å². The van der Waals surface area contributed by atoms with Crippen molar-refractivity contribution in [2.24, 2.45) is 0 Å². The Morgan fingerprint density at radius 1 is 1.26 bits per heavy atom. The Labute approximate surface area is 139 Å². The van der Waals surface area contributed by atoms with E-state index in [1.807, 2.05) is 5.38 Å². The lowest BCUT2D eigenvalue weighted by atomic mass is 9.81. The second-order valence-corrected chi connectivity index (χ2v) is 6.61. The summed E-state index contributed by atoms with van der Waals surface area (Å²) in [4.78, 5) is 36.6. The van der Waals surface area contributed by atoms with Gasteiger partial charge in [0.05, 0.1) is 12.0 Å². The topological polar surface area (TPSA) is 84.5 Å². The third-order valence-electron chi connectivity index (χ3n) is 4.04. The SMILES string of the molecule is COC(=O)C1(NC(=O)CCNC(=O)c2cccs2)CCCCC1. The largest absolute Gasteiger partial charge is 0.467 e. The molecule has 1 saturated carbocycles. The summed E-state index contributed by atoms with van der Waals surface area (Å²) in [7, 11) is 1.34. The third kappa shape index (κ3) is 4.54. The van der Waals surface area contributed by atoms with Gasteiger partial charge in [0.1, 0.15) is 5.54 Å². The molecular weight excluding hydrogens is 316 g/mol. The monoisotopic (exact) mass is 338 g/mol. The van der Waals surface area contributed by atoms with E-state index >= 15 is 0 Å². The van der Waals surface area contributed by atoms with Gasteiger partial charge in [0.25, 0.3) is 5.91 Å². The van der Waals surface area contributed by atoms with Crippen LogP contribution in [0, 0.1) is 0 Å². The number of esters is 1. The van der Waals surface area contributed by atoms with Crippen LogP contribution in [0.1, 0.15) is 48.2 Å². The summed E-state index contributed by atoms with van der Waals surface area (Å²) < 4.78 is 4.86. The number of nitrogens with one attached hydrogen (secondary N) is 2. The molecule has 0 radical (unpaired) electrons. The van der Waals surface area contributed by atoms with E-state index in [0.717, 1.165) is 19.3 Å². The van der Waals surface area contributed by atoms with Crippen molar-refractivity contribution in [3.05, 3.63) is 22.4 Å². The van der Waals surface area contributed by atoms with Crippen LogP contribution < -0.4 is 10.6 Å². The predicted octanol–water partition coefficient (Wildman–Crippen LogP) is 1.86. The minimum Gasteiger partial charge on any atom is -0.467 e. The van der Waals surface area contributed by atoms with E-state index in [-0.39, 0.29) is 30.7 Å². The Bertz CT molecular complexity index is 550. The highest BCUT2D eigenvalue weighted by molar-refractivity contribution is 7.12. The molecule has 2 amide bonds. The maximum Gasteiger partial charge on any atom is 0.331 e. The fraction of sp³-hybridized carbons (Fsp3) is 0.562. The van der Waals surface area contributed by atoms with Crippen molar-refractivity contribution in [3.8, 4) is 0 Å². The van der Waals surface area contributed by atoms with Crippen LogP contribution >= 0.6 is 11.3 Å². The van der Waals surface area contributed by atoms with Crippen LogP contribution in [0.3, 0.4) is 0 Å². The summed E-state index contributed by atoms with van der Waals surface area (Å²) in [5, 5.41) is 7.36. The van der Waals surface area contributed by atoms with E-state index in [0.29, 0.717) is 17.7 Å². The maximum absolute atomic E-state index is 12.1. The maximum atomic E-state index is 12.1. The van der Waals surface area contributed by atoms with Gasteiger partial charge in [0.15, 0.2) is 0 Å². The van der Waals surface area contributed by atoms with Gasteiger partial charge in [-0.15, -0.1) is 11.3 Å². The molecule has 2 N–H and O–H groups in total. The summed E-state index contributed by atoms with van der Waals surface area (Å²) in [6, 6.07) is 3.53. The minimum absolute atomic E-state index is 0.135. The molecule has 1 aromatic rings. The minimum atomic E-state index is -0.901. The summed E-state index contributed by atoms with van der Waals surface area (Å²) in [5.74, 6) is -0.815. The zero-order valence-electron chi connectivity index (χ0n) is 13.2. The molecule has 0 aliphatic heterocycles. The van der Waals surface area contributed by atoms with Crippen molar-refractivity contribution in [1.82, 2.24) is 10.6 Å². The van der Waals surface area contributed by atoms with E-state index in [4.69, 9.17) is 4.74 Å². The molecule has 126 valence electrons. The van der Waals surface area contributed by atoms with Crippen LogP contribution in [0.4, 0.5) is 0 Å². The second kappa shape index (κ2) is 8.10. The molecule has 0 spiro atoms. The van der Waals surface area contributed by atoms with Gasteiger partial charge in [0, 0.05) is 13.0 Å². The molecule has 1 heterocycles. The van der Waals surface area contributed by atoms with E-state index in [2.05, 4.69) is 10.6 Å². The van der Waals surface area contributed by atoms with Crippen molar-refractivity contribution < 1.29 is 19.1 Å². The second-order valence-electron chi connectivity index (χ2n) is 5.67. The quantitative estimate of drug-likeness (QED) is 0.776. The summed E-state index contributed by atoms with van der Waals surface area (Å²) >= 11 is 1.35. The first kappa shape index (κ1) is 17.5. The predicted molar refractivity (Wildman–Crippen MR) is 87.2 cm³/mol. The highest BCUT2D eigenvalue weighted by Gasteiger charge is 2.41. The molecule has 1 fully saturated rings. The fourth-order valence-electron chi connectivity index (χ4n) is 2.84. The molecule has 0 bridgehead atoms. The number of thiophene rings is 1. The molecule has 0 saturated heterocycles. The Morgan fingerprint density at radius 2 is 2.00 bits per heavy atom. The lowest BCUT2D eigenvalue weighted by Crippen LogP contribution is -2.56. The Morgan fingerprint density at radius 3 is 2.61 bits per heavy atom. The van der Waals surface area contributed by atoms with Crippen LogP contribution in [0.5, 0.6) is 0 Å². The molecular formula is C16H22N2O4S. The first-order valence-electron chi connectivity index (χ1n) is 7.78. The number of carbonyl (C=O) groups is 3. The number of hydrogen-bond acceptors (Lipinski definition) is 5. The van der Waals surface area contributed by atoms with Gasteiger partial charge >= 0.3 is 5.97 Å². The van der Waals surface area contributed by atoms with Crippen molar-refractivity contribution in [1.29, 1.82) is 0 Å². The van der Waals surface area contributed by atoms with E-state index in [9.17, 15) is 14.4 Å². The molecule has 1 aliphatic rings. The number of amides is 2. The number of methoxy groups -OCH3 is 1. The fourth-order valence-corrected chi connectivity index (χ4v) is 3.48. The zero-order valence-corrected chi connectivity index (χ0v) is 14.0. The number of hydrogen-bond donors (Lipinski definition) is 2. The van der Waals surface area contributed by atoms with Gasteiger partial charge in [-0.1, -0.05) is 25.3 Å². The van der Waals surface area contributed by atoms with Crippen LogP contribution in [-0.2, 0) is 14.3 Å². The highest BCUT2D eigenvalue weighted by atomic mass is 32.1. The third-order valence-corrected chi connectivity index (χ3v) is 4.91. The molecule has 0 unspecified atom stereocenters. The lowest BCUT2D eigenvalue weighted by Gasteiger charge is -2.35. The summed E-state index contributed by atoms with van der Waals surface area (Å²) in [5.41, 5.74) is -0.901. The number of ether oxygens (including phenoxy) is 1. The Kier molecular flexibility index (Phi) is 6.15. The molecule has 1 aromatic heterocycles. The van der Waals surface area contributed by atoms with Crippen molar-refractivity contribution >= 4 is 29.1 Å². The molecule has 6 nitrogen and oxygen atoms in total. The normalized spacial score (nSPS) is 16.4. The standard InChI is InChI=1S/C16H22N2O4S/c1-22-15(21)16(8-3-2-4-9-16)18-13(19)7-10-17-14(20)12-6-5-11-23-12/h5-6,11H,2-4,7-10H2,1H3,(H,17,20)(H,18,19). The van der Waals surface area contributed by atoms with Crippen molar-refractivity contribution in [2.75, 3.05) is 13.7 Å². The van der Waals surface area contributed by atoms with Gasteiger partial charge in [-0.2, -0.15) is 0 Å². The Balaban J connectivity index is 1.82. The molecule has 2 rings (SSSR count). The van der Waals surface area contributed by atoms with Crippen molar-refractivity contribution in [3.63, 3.8) is 0 Å². The summed E-state index contributed by atoms with van der Waals surface area (Å²) in [6.07, 6.45) is 4.19. The summed E-state index contributed by atoms with van der Waals surface area (Å²) in [6.45, 7) is 0.236. The molecule has 7 heteroatoms.